The molecule has 0 aromatic carbocycles. The molecule has 1 saturated carbocycles. The second-order valence-corrected chi connectivity index (χ2v) is 3.88. The molecule has 0 aliphatic heterocycles. The lowest BCUT2D eigenvalue weighted by molar-refractivity contribution is 0.00432. The van der Waals surface area contributed by atoms with Gasteiger partial charge in [0, 0.05) is 6.54 Å². The lowest BCUT2D eigenvalue weighted by Crippen LogP contribution is -2.27. The van der Waals surface area contributed by atoms with Crippen molar-refractivity contribution in [2.24, 2.45) is 0 Å². The molecule has 13 heavy (non-hydrogen) atoms. The van der Waals surface area contributed by atoms with Crippen LogP contribution in [0.25, 0.3) is 0 Å². The molecule has 0 unspecified atom stereocenters. The molecule has 0 amide bonds. The number of nitrogens with one attached hydrogen (secondary N) is 1. The summed E-state index contributed by atoms with van der Waals surface area (Å²) < 4.78 is 5.62. The van der Waals surface area contributed by atoms with E-state index in [0.29, 0.717) is 6.10 Å². The first kappa shape index (κ1) is 11.0. The highest BCUT2D eigenvalue weighted by Gasteiger charge is 2.16. The fourth-order valence-electron chi connectivity index (χ4n) is 1.46. The zero-order valence-corrected chi connectivity index (χ0v) is 8.85. The van der Waals surface area contributed by atoms with Crippen LogP contribution in [0.5, 0.6) is 0 Å². The molecule has 1 aliphatic rings. The molecule has 1 N–H and O–H groups in total. The Morgan fingerprint density at radius 2 is 2.08 bits per heavy atom. The highest BCUT2D eigenvalue weighted by atomic mass is 16.5. The van der Waals surface area contributed by atoms with Crippen LogP contribution in [0.4, 0.5) is 0 Å². The smallest absolute Gasteiger partial charge is 0.0594 e. The van der Waals surface area contributed by atoms with E-state index in [-0.39, 0.29) is 0 Å². The molecule has 1 rings (SSSR count). The van der Waals surface area contributed by atoms with Gasteiger partial charge in [0.25, 0.3) is 0 Å². The predicted molar refractivity (Wildman–Crippen MR) is 56.0 cm³/mol. The van der Waals surface area contributed by atoms with Gasteiger partial charge in [-0.1, -0.05) is 19.8 Å². The predicted octanol–water partition coefficient (Wildman–Crippen LogP) is 2.34. The Hall–Kier alpha value is -0.0800. The summed E-state index contributed by atoms with van der Waals surface area (Å²) in [5.74, 6) is 0. The minimum absolute atomic E-state index is 0.595. The fourth-order valence-corrected chi connectivity index (χ4v) is 1.46. The Morgan fingerprint density at radius 3 is 2.69 bits per heavy atom. The Balaban J connectivity index is 1.68. The van der Waals surface area contributed by atoms with Crippen LogP contribution in [0.15, 0.2) is 0 Å². The van der Waals surface area contributed by atoms with E-state index < -0.39 is 0 Å². The van der Waals surface area contributed by atoms with Crippen molar-refractivity contribution in [1.82, 2.24) is 5.32 Å². The van der Waals surface area contributed by atoms with Crippen molar-refractivity contribution in [1.29, 1.82) is 0 Å². The molecule has 0 heterocycles. The summed E-state index contributed by atoms with van der Waals surface area (Å²) in [4.78, 5) is 0. The van der Waals surface area contributed by atoms with Crippen LogP contribution in [0.1, 0.15) is 45.4 Å². The maximum Gasteiger partial charge on any atom is 0.0594 e. The third-order valence-corrected chi connectivity index (χ3v) is 2.64. The van der Waals surface area contributed by atoms with E-state index in [4.69, 9.17) is 4.74 Å². The van der Waals surface area contributed by atoms with Gasteiger partial charge in [-0.3, -0.25) is 0 Å². The average molecular weight is 185 g/mol. The van der Waals surface area contributed by atoms with Gasteiger partial charge in [0.05, 0.1) is 12.7 Å². The van der Waals surface area contributed by atoms with Gasteiger partial charge in [-0.05, 0) is 32.2 Å². The number of ether oxygens (including phenoxy) is 1. The van der Waals surface area contributed by atoms with Gasteiger partial charge in [0.2, 0.25) is 0 Å². The van der Waals surface area contributed by atoms with Crippen molar-refractivity contribution < 1.29 is 4.74 Å². The van der Waals surface area contributed by atoms with E-state index in [1.54, 1.807) is 0 Å². The lowest BCUT2D eigenvalue weighted by Gasteiger charge is -2.25. The second kappa shape index (κ2) is 7.34. The van der Waals surface area contributed by atoms with E-state index in [2.05, 4.69) is 12.2 Å². The van der Waals surface area contributed by atoms with E-state index in [1.807, 2.05) is 0 Å². The van der Waals surface area contributed by atoms with Crippen molar-refractivity contribution in [3.05, 3.63) is 0 Å². The minimum atomic E-state index is 0.595. The highest BCUT2D eigenvalue weighted by Crippen LogP contribution is 2.21. The summed E-state index contributed by atoms with van der Waals surface area (Å²) in [7, 11) is 0. The molecule has 1 aliphatic carbocycles. The topological polar surface area (TPSA) is 21.3 Å². The zero-order chi connectivity index (χ0) is 9.36. The van der Waals surface area contributed by atoms with Gasteiger partial charge in [0.15, 0.2) is 0 Å². The summed E-state index contributed by atoms with van der Waals surface area (Å²) in [6.45, 7) is 5.32. The third kappa shape index (κ3) is 5.27. The van der Waals surface area contributed by atoms with Crippen LogP contribution in [0, 0.1) is 0 Å². The first-order chi connectivity index (χ1) is 6.43. The van der Waals surface area contributed by atoms with Crippen LogP contribution >= 0.6 is 0 Å². The number of hydrogen-bond acceptors (Lipinski definition) is 2. The van der Waals surface area contributed by atoms with Crippen LogP contribution < -0.4 is 5.32 Å². The molecular weight excluding hydrogens is 162 g/mol. The van der Waals surface area contributed by atoms with Gasteiger partial charge < -0.3 is 10.1 Å². The molecule has 0 spiro atoms. The molecule has 1 fully saturated rings. The number of hydrogen-bond donors (Lipinski definition) is 1. The van der Waals surface area contributed by atoms with Gasteiger partial charge in [0.1, 0.15) is 0 Å². The van der Waals surface area contributed by atoms with Gasteiger partial charge in [-0.15, -0.1) is 0 Å². The standard InChI is InChI=1S/C11H23NO/c1-2-3-4-8-12-9-10-13-11-6-5-7-11/h11-12H,2-10H2,1H3. The largest absolute Gasteiger partial charge is 0.377 e. The monoisotopic (exact) mass is 185 g/mol. The normalized spacial score (nSPS) is 17.3. The molecule has 0 radical (unpaired) electrons. The summed E-state index contributed by atoms with van der Waals surface area (Å²) in [5, 5.41) is 3.40. The van der Waals surface area contributed by atoms with Gasteiger partial charge in [-0.25, -0.2) is 0 Å². The maximum absolute atomic E-state index is 5.62. The Morgan fingerprint density at radius 1 is 1.23 bits per heavy atom. The third-order valence-electron chi connectivity index (χ3n) is 2.64. The van der Waals surface area contributed by atoms with Gasteiger partial charge >= 0.3 is 0 Å². The second-order valence-electron chi connectivity index (χ2n) is 3.88. The average Bonchev–Trinajstić information content (AvgIpc) is 2.07. The first-order valence-corrected chi connectivity index (χ1v) is 5.76. The van der Waals surface area contributed by atoms with Gasteiger partial charge in [-0.2, -0.15) is 0 Å². The highest BCUT2D eigenvalue weighted by molar-refractivity contribution is 4.69. The van der Waals surface area contributed by atoms with Crippen LogP contribution in [0.2, 0.25) is 0 Å². The maximum atomic E-state index is 5.62. The van der Waals surface area contributed by atoms with Crippen LogP contribution in [0.3, 0.4) is 0 Å². The summed E-state index contributed by atoms with van der Waals surface area (Å²) in [5.41, 5.74) is 0. The van der Waals surface area contributed by atoms with E-state index >= 15 is 0 Å². The van der Waals surface area contributed by atoms with Crippen LogP contribution in [-0.4, -0.2) is 25.8 Å². The zero-order valence-electron chi connectivity index (χ0n) is 8.85. The minimum Gasteiger partial charge on any atom is -0.377 e. The van der Waals surface area contributed by atoms with Crippen molar-refractivity contribution in [2.75, 3.05) is 19.7 Å². The summed E-state index contributed by atoms with van der Waals surface area (Å²) >= 11 is 0. The SMILES string of the molecule is CCCCCNCCOC1CCC1. The van der Waals surface area contributed by atoms with Crippen molar-refractivity contribution in [3.8, 4) is 0 Å². The van der Waals surface area contributed by atoms with E-state index in [9.17, 15) is 0 Å². The Kier molecular flexibility index (Phi) is 6.21. The van der Waals surface area contributed by atoms with Crippen molar-refractivity contribution in [2.45, 2.75) is 51.6 Å². The number of rotatable bonds is 8. The Labute approximate surface area is 82.0 Å². The lowest BCUT2D eigenvalue weighted by atomic mass is 9.96. The molecule has 0 saturated heterocycles. The van der Waals surface area contributed by atoms with Crippen LogP contribution in [-0.2, 0) is 4.74 Å². The molecule has 78 valence electrons. The molecule has 0 aromatic rings. The van der Waals surface area contributed by atoms with Crippen molar-refractivity contribution in [3.63, 3.8) is 0 Å². The molecule has 2 heteroatoms. The molecule has 2 nitrogen and oxygen atoms in total. The molecule has 0 aromatic heterocycles. The summed E-state index contributed by atoms with van der Waals surface area (Å²) in [6, 6.07) is 0. The van der Waals surface area contributed by atoms with Crippen molar-refractivity contribution >= 4 is 0 Å². The first-order valence-electron chi connectivity index (χ1n) is 5.76. The van der Waals surface area contributed by atoms with E-state index in [0.717, 1.165) is 19.7 Å². The number of unbranched alkanes of at least 4 members (excludes halogenated alkanes) is 2. The Bertz CT molecular complexity index is 113. The quantitative estimate of drug-likeness (QED) is 0.586. The molecular formula is C11H23NO. The molecule has 0 bridgehead atoms. The fraction of sp³-hybridized carbons (Fsp3) is 1.00. The summed E-state index contributed by atoms with van der Waals surface area (Å²) in [6.07, 6.45) is 8.49. The molecule has 0 atom stereocenters. The van der Waals surface area contributed by atoms with E-state index in [1.165, 1.54) is 38.5 Å².